The molecule has 0 aliphatic rings. The van der Waals surface area contributed by atoms with Gasteiger partial charge in [-0.3, -0.25) is 0 Å². The Morgan fingerprint density at radius 1 is 1.00 bits per heavy atom. The molecule has 4 rings (SSSR count). The van der Waals surface area contributed by atoms with Crippen LogP contribution in [0.5, 0.6) is 11.5 Å². The van der Waals surface area contributed by atoms with E-state index in [2.05, 4.69) is 9.97 Å². The van der Waals surface area contributed by atoms with E-state index in [0.717, 1.165) is 0 Å². The van der Waals surface area contributed by atoms with Gasteiger partial charge < -0.3 is 4.74 Å². The van der Waals surface area contributed by atoms with Crippen LogP contribution in [0, 0.1) is 5.82 Å². The first-order valence-electron chi connectivity index (χ1n) is 9.49. The summed E-state index contributed by atoms with van der Waals surface area (Å²) in [5.74, 6) is -0.0589. The smallest absolute Gasteiger partial charge is 0.184 e. The van der Waals surface area contributed by atoms with Gasteiger partial charge in [0, 0.05) is 10.9 Å². The average molecular weight is 457 g/mol. The van der Waals surface area contributed by atoms with Gasteiger partial charge in [-0.2, -0.15) is 0 Å². The first-order chi connectivity index (χ1) is 14.8. The van der Waals surface area contributed by atoms with E-state index in [-0.39, 0.29) is 22.0 Å². The van der Waals surface area contributed by atoms with Crippen LogP contribution in [0.25, 0.3) is 22.2 Å². The third kappa shape index (κ3) is 3.98. The lowest BCUT2D eigenvalue weighted by molar-refractivity contribution is 0.465. The molecule has 5 nitrogen and oxygen atoms in total. The van der Waals surface area contributed by atoms with Crippen molar-refractivity contribution in [3.63, 3.8) is 0 Å². The monoisotopic (exact) mass is 456 g/mol. The lowest BCUT2D eigenvalue weighted by Crippen LogP contribution is -2.14. The predicted molar refractivity (Wildman–Crippen MR) is 119 cm³/mol. The minimum absolute atomic E-state index is 0.0788. The molecule has 0 N–H and O–H groups in total. The summed E-state index contributed by atoms with van der Waals surface area (Å²) in [5, 5.41) is 0.411. The number of hydrogen-bond donors (Lipinski definition) is 0. The van der Waals surface area contributed by atoms with Gasteiger partial charge in [-0.05, 0) is 50.2 Å². The van der Waals surface area contributed by atoms with E-state index < -0.39 is 20.9 Å². The first-order valence-corrected chi connectivity index (χ1v) is 11.4. The second kappa shape index (κ2) is 8.24. The van der Waals surface area contributed by atoms with Gasteiger partial charge in [0.25, 0.3) is 0 Å². The van der Waals surface area contributed by atoms with Gasteiger partial charge >= 0.3 is 0 Å². The highest BCUT2D eigenvalue weighted by Gasteiger charge is 2.24. The van der Waals surface area contributed by atoms with E-state index in [1.54, 1.807) is 50.2 Å². The van der Waals surface area contributed by atoms with E-state index in [9.17, 15) is 12.8 Å². The third-order valence-electron chi connectivity index (χ3n) is 4.81. The third-order valence-corrected chi connectivity index (χ3v) is 7.31. The SMILES string of the molecule is CC(C)S(=O)(=O)c1ccccc1Oc1ccc(F)c(-c2ncnc3c(Cl)cccc23)c1. The van der Waals surface area contributed by atoms with Crippen LogP contribution in [0.1, 0.15) is 13.8 Å². The van der Waals surface area contributed by atoms with Crippen LogP contribution in [0.2, 0.25) is 5.02 Å². The van der Waals surface area contributed by atoms with E-state index in [1.807, 2.05) is 0 Å². The number of aromatic nitrogens is 2. The zero-order chi connectivity index (χ0) is 22.2. The van der Waals surface area contributed by atoms with Crippen LogP contribution in [-0.2, 0) is 9.84 Å². The van der Waals surface area contributed by atoms with Crippen LogP contribution in [0.15, 0.2) is 71.9 Å². The van der Waals surface area contributed by atoms with E-state index in [0.29, 0.717) is 21.6 Å². The maximum absolute atomic E-state index is 14.8. The summed E-state index contributed by atoms with van der Waals surface area (Å²) < 4.78 is 46.0. The fourth-order valence-electron chi connectivity index (χ4n) is 3.17. The number of sulfone groups is 1. The number of halogens is 2. The number of benzene rings is 3. The second-order valence-electron chi connectivity index (χ2n) is 7.14. The molecule has 31 heavy (non-hydrogen) atoms. The number of hydrogen-bond acceptors (Lipinski definition) is 5. The molecule has 0 unspecified atom stereocenters. The van der Waals surface area contributed by atoms with Gasteiger partial charge in [-0.15, -0.1) is 0 Å². The van der Waals surface area contributed by atoms with Crippen molar-refractivity contribution in [1.82, 2.24) is 9.97 Å². The molecule has 158 valence electrons. The highest BCUT2D eigenvalue weighted by molar-refractivity contribution is 7.92. The van der Waals surface area contributed by atoms with Crippen molar-refractivity contribution in [2.75, 3.05) is 0 Å². The maximum Gasteiger partial charge on any atom is 0.184 e. The largest absolute Gasteiger partial charge is 0.456 e. The summed E-state index contributed by atoms with van der Waals surface area (Å²) in [6.07, 6.45) is 1.32. The van der Waals surface area contributed by atoms with Crippen molar-refractivity contribution in [3.8, 4) is 22.8 Å². The summed E-state index contributed by atoms with van der Waals surface area (Å²) in [6, 6.07) is 15.7. The Morgan fingerprint density at radius 3 is 2.55 bits per heavy atom. The van der Waals surface area contributed by atoms with Crippen LogP contribution in [0.4, 0.5) is 4.39 Å². The van der Waals surface area contributed by atoms with Gasteiger partial charge in [-0.1, -0.05) is 35.9 Å². The molecule has 1 heterocycles. The summed E-state index contributed by atoms with van der Waals surface area (Å²) in [6.45, 7) is 3.21. The number of rotatable bonds is 5. The van der Waals surface area contributed by atoms with Crippen LogP contribution >= 0.6 is 11.6 Å². The van der Waals surface area contributed by atoms with Gasteiger partial charge in [0.15, 0.2) is 9.84 Å². The molecule has 1 aromatic heterocycles. The van der Waals surface area contributed by atoms with Crippen LogP contribution in [0.3, 0.4) is 0 Å². The van der Waals surface area contributed by atoms with Crippen molar-refractivity contribution in [3.05, 3.63) is 77.8 Å². The van der Waals surface area contributed by atoms with E-state index in [4.69, 9.17) is 16.3 Å². The molecule has 4 aromatic rings. The second-order valence-corrected chi connectivity index (χ2v) is 10.0. The zero-order valence-corrected chi connectivity index (χ0v) is 18.3. The Bertz CT molecular complexity index is 1390. The molecule has 0 atom stereocenters. The standard InChI is InChI=1S/C23H18ClFN2O3S/c1-14(2)31(28,29)21-9-4-3-8-20(21)30-15-10-11-19(25)17(12-15)22-16-6-5-7-18(24)23(16)27-13-26-22/h3-14H,1-2H3. The van der Waals surface area contributed by atoms with Crippen molar-refractivity contribution in [2.24, 2.45) is 0 Å². The summed E-state index contributed by atoms with van der Waals surface area (Å²) in [5.41, 5.74) is 1.06. The molecule has 0 amide bonds. The lowest BCUT2D eigenvalue weighted by Gasteiger charge is -2.14. The Balaban J connectivity index is 1.81. The number of fused-ring (bicyclic) bond motifs is 1. The average Bonchev–Trinajstić information content (AvgIpc) is 2.75. The molecule has 0 spiro atoms. The summed E-state index contributed by atoms with van der Waals surface area (Å²) >= 11 is 6.21. The van der Waals surface area contributed by atoms with Crippen molar-refractivity contribution < 1.29 is 17.5 Å². The molecular formula is C23H18ClFN2O3S. The topological polar surface area (TPSA) is 69.2 Å². The van der Waals surface area contributed by atoms with Crippen LogP contribution < -0.4 is 4.74 Å². The van der Waals surface area contributed by atoms with Crippen LogP contribution in [-0.4, -0.2) is 23.6 Å². The quantitative estimate of drug-likeness (QED) is 0.365. The van der Waals surface area contributed by atoms with Crippen molar-refractivity contribution in [1.29, 1.82) is 0 Å². The van der Waals surface area contributed by atoms with Gasteiger partial charge in [-0.25, -0.2) is 22.8 Å². The van der Waals surface area contributed by atoms with E-state index >= 15 is 0 Å². The molecule has 0 aliphatic heterocycles. The number of ether oxygens (including phenoxy) is 1. The highest BCUT2D eigenvalue weighted by atomic mass is 35.5. The minimum atomic E-state index is -3.57. The fraction of sp³-hybridized carbons (Fsp3) is 0.130. The minimum Gasteiger partial charge on any atom is -0.456 e. The Morgan fingerprint density at radius 2 is 1.77 bits per heavy atom. The molecule has 0 saturated carbocycles. The maximum atomic E-state index is 14.8. The predicted octanol–water partition coefficient (Wildman–Crippen LogP) is 6.06. The van der Waals surface area contributed by atoms with E-state index in [1.165, 1.54) is 30.6 Å². The number of nitrogens with zero attached hydrogens (tertiary/aromatic N) is 2. The van der Waals surface area contributed by atoms with Crippen molar-refractivity contribution in [2.45, 2.75) is 24.0 Å². The molecule has 0 aliphatic carbocycles. The molecule has 0 fully saturated rings. The summed E-state index contributed by atoms with van der Waals surface area (Å²) in [4.78, 5) is 8.50. The summed E-state index contributed by atoms with van der Waals surface area (Å²) in [7, 11) is -3.57. The normalized spacial score (nSPS) is 11.8. The van der Waals surface area contributed by atoms with Crippen molar-refractivity contribution >= 4 is 32.3 Å². The Kier molecular flexibility index (Phi) is 5.64. The molecule has 3 aromatic carbocycles. The lowest BCUT2D eigenvalue weighted by atomic mass is 10.1. The molecule has 0 bridgehead atoms. The highest BCUT2D eigenvalue weighted by Crippen LogP contribution is 2.35. The molecular weight excluding hydrogens is 439 g/mol. The molecule has 0 radical (unpaired) electrons. The van der Waals surface area contributed by atoms with Gasteiger partial charge in [0.1, 0.15) is 28.5 Å². The van der Waals surface area contributed by atoms with Gasteiger partial charge in [0.05, 0.1) is 21.5 Å². The zero-order valence-electron chi connectivity index (χ0n) is 16.7. The molecule has 8 heteroatoms. The first kappa shape index (κ1) is 21.2. The Hall–Kier alpha value is -3.03. The van der Waals surface area contributed by atoms with Gasteiger partial charge in [0.2, 0.25) is 0 Å². The fourth-order valence-corrected chi connectivity index (χ4v) is 4.56. The number of para-hydroxylation sites is 2. The molecule has 0 saturated heterocycles. The Labute approximate surface area is 184 Å².